The van der Waals surface area contributed by atoms with Crippen molar-refractivity contribution in [1.82, 2.24) is 0 Å². The molecular formula is C19H19N3O2. The lowest BCUT2D eigenvalue weighted by Crippen LogP contribution is -2.18. The van der Waals surface area contributed by atoms with Crippen molar-refractivity contribution in [3.63, 3.8) is 0 Å². The van der Waals surface area contributed by atoms with Gasteiger partial charge in [-0.1, -0.05) is 19.1 Å². The average Bonchev–Trinajstić information content (AvgIpc) is 3.12. The van der Waals surface area contributed by atoms with Gasteiger partial charge in [-0.05, 0) is 42.8 Å². The number of furan rings is 1. The molecule has 0 radical (unpaired) electrons. The van der Waals surface area contributed by atoms with E-state index in [2.05, 4.69) is 6.07 Å². The molecule has 2 N–H and O–H groups in total. The lowest BCUT2D eigenvalue weighted by atomic mass is 10.1. The smallest absolute Gasteiger partial charge is 0.248 e. The van der Waals surface area contributed by atoms with Crippen molar-refractivity contribution in [3.8, 4) is 6.07 Å². The number of nitrogens with zero attached hydrogens (tertiary/aromatic N) is 2. The highest BCUT2D eigenvalue weighted by molar-refractivity contribution is 5.97. The quantitative estimate of drug-likeness (QED) is 0.652. The fourth-order valence-electron chi connectivity index (χ4n) is 2.28. The number of carbonyl (C=O) groups is 1. The average molecular weight is 321 g/mol. The minimum absolute atomic E-state index is 0.409. The van der Waals surface area contributed by atoms with E-state index in [-0.39, 0.29) is 0 Å². The first kappa shape index (κ1) is 17.1. The molecule has 0 spiro atoms. The maximum absolute atomic E-state index is 11.7. The van der Waals surface area contributed by atoms with Crippen LogP contribution >= 0.6 is 0 Å². The molecule has 0 saturated heterocycles. The van der Waals surface area contributed by atoms with Crippen molar-refractivity contribution in [1.29, 1.82) is 5.26 Å². The van der Waals surface area contributed by atoms with Gasteiger partial charge in [0.2, 0.25) is 5.91 Å². The van der Waals surface area contributed by atoms with Gasteiger partial charge in [0.1, 0.15) is 5.76 Å². The molecule has 0 saturated carbocycles. The first-order chi connectivity index (χ1) is 11.6. The molecule has 122 valence electrons. The van der Waals surface area contributed by atoms with Crippen molar-refractivity contribution in [2.75, 3.05) is 11.9 Å². The van der Waals surface area contributed by atoms with Gasteiger partial charge in [0.05, 0.1) is 23.6 Å². The highest BCUT2D eigenvalue weighted by atomic mass is 16.3. The molecule has 0 unspecified atom stereocenters. The highest BCUT2D eigenvalue weighted by Crippen LogP contribution is 2.27. The van der Waals surface area contributed by atoms with Gasteiger partial charge in [0.25, 0.3) is 0 Å². The summed E-state index contributed by atoms with van der Waals surface area (Å²) in [6.45, 7) is 1.93. The van der Waals surface area contributed by atoms with Gasteiger partial charge in [-0.25, -0.2) is 0 Å². The van der Waals surface area contributed by atoms with Gasteiger partial charge >= 0.3 is 0 Å². The van der Waals surface area contributed by atoms with Crippen molar-refractivity contribution in [3.05, 3.63) is 71.7 Å². The zero-order valence-electron chi connectivity index (χ0n) is 13.7. The van der Waals surface area contributed by atoms with Crippen LogP contribution in [0.4, 0.5) is 5.69 Å². The second-order valence-corrected chi connectivity index (χ2v) is 5.16. The van der Waals surface area contributed by atoms with Gasteiger partial charge < -0.3 is 15.1 Å². The van der Waals surface area contributed by atoms with Gasteiger partial charge in [-0.3, -0.25) is 4.79 Å². The van der Waals surface area contributed by atoms with Gasteiger partial charge in [0, 0.05) is 18.3 Å². The van der Waals surface area contributed by atoms with Crippen molar-refractivity contribution < 1.29 is 9.21 Å². The fraction of sp³-hybridized carbons (Fsp3) is 0.158. The number of nitriles is 1. The van der Waals surface area contributed by atoms with Gasteiger partial charge in [-0.15, -0.1) is 0 Å². The van der Waals surface area contributed by atoms with Crippen molar-refractivity contribution in [2.24, 2.45) is 5.73 Å². The lowest BCUT2D eigenvalue weighted by Gasteiger charge is -2.22. The molecule has 5 nitrogen and oxygen atoms in total. The summed E-state index contributed by atoms with van der Waals surface area (Å²) in [5, 5.41) is 9.08. The van der Waals surface area contributed by atoms with E-state index >= 15 is 0 Å². The number of amides is 1. The molecular weight excluding hydrogens is 302 g/mol. The third kappa shape index (κ3) is 3.93. The van der Waals surface area contributed by atoms with Crippen LogP contribution in [0.1, 0.15) is 24.7 Å². The van der Waals surface area contributed by atoms with E-state index < -0.39 is 5.91 Å². The summed E-state index contributed by atoms with van der Waals surface area (Å²) in [5.74, 6) is 0.100. The third-order valence-corrected chi connectivity index (χ3v) is 3.50. The zero-order chi connectivity index (χ0) is 17.5. The Morgan fingerprint density at radius 2 is 2.17 bits per heavy atom. The van der Waals surface area contributed by atoms with Crippen LogP contribution in [0, 0.1) is 11.3 Å². The summed E-state index contributed by atoms with van der Waals surface area (Å²) >= 11 is 0. The molecule has 0 bridgehead atoms. The Balaban J connectivity index is 2.53. The highest BCUT2D eigenvalue weighted by Gasteiger charge is 2.15. The van der Waals surface area contributed by atoms with Crippen LogP contribution in [-0.4, -0.2) is 13.0 Å². The Morgan fingerprint density at radius 1 is 1.38 bits per heavy atom. The number of nitrogens with two attached hydrogens (primary N) is 1. The molecule has 1 heterocycles. The van der Waals surface area contributed by atoms with Crippen LogP contribution in [0.25, 0.3) is 5.70 Å². The monoisotopic (exact) mass is 321 g/mol. The molecule has 1 aromatic heterocycles. The van der Waals surface area contributed by atoms with E-state index in [4.69, 9.17) is 15.4 Å². The molecule has 0 aliphatic heterocycles. The summed E-state index contributed by atoms with van der Waals surface area (Å²) in [6.07, 6.45) is 5.72. The van der Waals surface area contributed by atoms with Crippen LogP contribution in [-0.2, 0) is 4.79 Å². The van der Waals surface area contributed by atoms with E-state index in [1.165, 1.54) is 0 Å². The lowest BCUT2D eigenvalue weighted by molar-refractivity contribution is -0.114. The van der Waals surface area contributed by atoms with Crippen molar-refractivity contribution >= 4 is 17.3 Å². The van der Waals surface area contributed by atoms with Crippen LogP contribution in [0.3, 0.4) is 0 Å². The summed E-state index contributed by atoms with van der Waals surface area (Å²) in [5.41, 5.74) is 7.90. The topological polar surface area (TPSA) is 83.3 Å². The Bertz CT molecular complexity index is 811. The molecule has 5 heteroatoms. The number of primary amides is 1. The second-order valence-electron chi connectivity index (χ2n) is 5.16. The first-order valence-corrected chi connectivity index (χ1v) is 7.56. The predicted molar refractivity (Wildman–Crippen MR) is 93.8 cm³/mol. The van der Waals surface area contributed by atoms with Gasteiger partial charge in [-0.2, -0.15) is 5.26 Å². The minimum Gasteiger partial charge on any atom is -0.463 e. The van der Waals surface area contributed by atoms with Crippen LogP contribution in [0.5, 0.6) is 0 Å². The zero-order valence-corrected chi connectivity index (χ0v) is 13.7. The fourth-order valence-corrected chi connectivity index (χ4v) is 2.28. The number of hydrogen-bond donors (Lipinski definition) is 1. The maximum atomic E-state index is 11.7. The standard InChI is InChI=1S/C19H19N3O2/c1-3-6-15(19(21)23)12-17(18-9-5-10-24-18)22(2)16-8-4-7-14(11-16)13-20/h4-12H,3H2,1-2H3,(H2,21,23)/b15-6-,17-12-. The summed E-state index contributed by atoms with van der Waals surface area (Å²) < 4.78 is 5.50. The molecule has 2 rings (SSSR count). The molecule has 0 aliphatic rings. The number of allylic oxidation sites excluding steroid dienone is 1. The Hall–Kier alpha value is -3.26. The SMILES string of the molecule is CC/C=C(/C=C(/c1ccco1)N(C)c1cccc(C#N)c1)C(N)=O. The molecule has 1 amide bonds. The molecule has 0 aliphatic carbocycles. The van der Waals surface area contributed by atoms with Gasteiger partial charge in [0.15, 0.2) is 0 Å². The normalized spacial score (nSPS) is 11.9. The Morgan fingerprint density at radius 3 is 2.75 bits per heavy atom. The number of carbonyl (C=O) groups excluding carboxylic acids is 1. The molecule has 1 aromatic carbocycles. The van der Waals surface area contributed by atoms with Crippen LogP contribution in [0.2, 0.25) is 0 Å². The third-order valence-electron chi connectivity index (χ3n) is 3.50. The Kier molecular flexibility index (Phi) is 5.58. The number of anilines is 1. The Labute approximate surface area is 141 Å². The maximum Gasteiger partial charge on any atom is 0.248 e. The summed E-state index contributed by atoms with van der Waals surface area (Å²) in [7, 11) is 1.84. The molecule has 0 fully saturated rings. The first-order valence-electron chi connectivity index (χ1n) is 7.56. The summed E-state index contributed by atoms with van der Waals surface area (Å²) in [6, 6.07) is 12.9. The number of hydrogen-bond acceptors (Lipinski definition) is 4. The predicted octanol–water partition coefficient (Wildman–Crippen LogP) is 3.45. The van der Waals surface area contributed by atoms with E-state index in [0.29, 0.717) is 29.0 Å². The van der Waals surface area contributed by atoms with Crippen LogP contribution < -0.4 is 10.6 Å². The molecule has 2 aromatic rings. The van der Waals surface area contributed by atoms with E-state index in [1.807, 2.05) is 24.9 Å². The molecule has 24 heavy (non-hydrogen) atoms. The summed E-state index contributed by atoms with van der Waals surface area (Å²) in [4.78, 5) is 13.5. The van der Waals surface area contributed by atoms with E-state index in [1.54, 1.807) is 48.7 Å². The van der Waals surface area contributed by atoms with Crippen LogP contribution in [0.15, 0.2) is 64.8 Å². The number of rotatable bonds is 6. The van der Waals surface area contributed by atoms with E-state index in [9.17, 15) is 4.79 Å². The number of benzene rings is 1. The largest absolute Gasteiger partial charge is 0.463 e. The second kappa shape index (κ2) is 7.84. The van der Waals surface area contributed by atoms with E-state index in [0.717, 1.165) is 5.69 Å². The minimum atomic E-state index is -0.500. The molecule has 0 atom stereocenters. The van der Waals surface area contributed by atoms with Crippen molar-refractivity contribution in [2.45, 2.75) is 13.3 Å².